The van der Waals surface area contributed by atoms with Crippen LogP contribution < -0.4 is 0 Å². The first-order valence-corrected chi connectivity index (χ1v) is 10.1. The van der Waals surface area contributed by atoms with Crippen LogP contribution in [0.4, 0.5) is 0 Å². The highest BCUT2D eigenvalue weighted by atomic mass is 16.6. The topological polar surface area (TPSA) is 53.0 Å². The van der Waals surface area contributed by atoms with Crippen LogP contribution in [0.3, 0.4) is 0 Å². The highest BCUT2D eigenvalue weighted by molar-refractivity contribution is 5.36. The predicted molar refractivity (Wildman–Crippen MR) is 117 cm³/mol. The molecule has 1 saturated carbocycles. The average Bonchev–Trinajstić information content (AvgIpc) is 3.22. The summed E-state index contributed by atoms with van der Waals surface area (Å²) in [6, 6.07) is 0. The van der Waals surface area contributed by atoms with Gasteiger partial charge in [0.2, 0.25) is 0 Å². The first kappa shape index (κ1) is 22.6. The van der Waals surface area contributed by atoms with Gasteiger partial charge < -0.3 is 14.9 Å². The fraction of sp³-hybridized carbons (Fsp3) is 0.520. The Morgan fingerprint density at radius 3 is 2.18 bits per heavy atom. The van der Waals surface area contributed by atoms with Crippen LogP contribution >= 0.6 is 0 Å². The summed E-state index contributed by atoms with van der Waals surface area (Å²) in [5.41, 5.74) is 2.64. The van der Waals surface area contributed by atoms with Gasteiger partial charge in [-0.1, -0.05) is 73.6 Å². The van der Waals surface area contributed by atoms with Gasteiger partial charge in [0.25, 0.3) is 0 Å². The van der Waals surface area contributed by atoms with Crippen molar-refractivity contribution in [2.45, 2.75) is 71.7 Å². The zero-order valence-electron chi connectivity index (χ0n) is 18.2. The van der Waals surface area contributed by atoms with E-state index in [1.807, 2.05) is 31.2 Å². The minimum absolute atomic E-state index is 0.0828. The number of aliphatic hydroxyl groups is 2. The molecule has 3 unspecified atom stereocenters. The lowest BCUT2D eigenvalue weighted by molar-refractivity contribution is 0.0515. The molecule has 0 radical (unpaired) electrons. The van der Waals surface area contributed by atoms with E-state index in [9.17, 15) is 5.11 Å². The van der Waals surface area contributed by atoms with Crippen molar-refractivity contribution >= 4 is 0 Å². The molecule has 1 heterocycles. The summed E-state index contributed by atoms with van der Waals surface area (Å²) in [4.78, 5) is 0. The smallest absolute Gasteiger partial charge is 0.121 e. The van der Waals surface area contributed by atoms with E-state index in [0.29, 0.717) is 6.42 Å². The minimum Gasteiger partial charge on any atom is -0.393 e. The highest BCUT2D eigenvalue weighted by Crippen LogP contribution is 2.66. The summed E-state index contributed by atoms with van der Waals surface area (Å²) >= 11 is 0. The van der Waals surface area contributed by atoms with Gasteiger partial charge in [-0.3, -0.25) is 0 Å². The number of hydrogen-bond acceptors (Lipinski definition) is 3. The molecule has 0 aromatic carbocycles. The number of hydrogen-bond donors (Lipinski definition) is 2. The van der Waals surface area contributed by atoms with Crippen LogP contribution in [0.5, 0.6) is 0 Å². The monoisotopic (exact) mass is 384 g/mol. The van der Waals surface area contributed by atoms with Crippen LogP contribution in [-0.2, 0) is 4.74 Å². The fourth-order valence-electron chi connectivity index (χ4n) is 4.27. The van der Waals surface area contributed by atoms with Gasteiger partial charge in [-0.25, -0.2) is 0 Å². The molecule has 0 amide bonds. The number of allylic oxidation sites excluding steroid dienone is 10. The largest absolute Gasteiger partial charge is 0.393 e. The lowest BCUT2D eigenvalue weighted by Gasteiger charge is -2.39. The van der Waals surface area contributed by atoms with Crippen LogP contribution in [0, 0.1) is 5.41 Å². The van der Waals surface area contributed by atoms with Crippen molar-refractivity contribution in [2.24, 2.45) is 5.41 Å². The van der Waals surface area contributed by atoms with Crippen molar-refractivity contribution in [3.8, 4) is 0 Å². The summed E-state index contributed by atoms with van der Waals surface area (Å²) in [5.74, 6) is 0. The van der Waals surface area contributed by atoms with Gasteiger partial charge in [-0.2, -0.15) is 0 Å². The molecule has 0 spiro atoms. The second-order valence-electron chi connectivity index (χ2n) is 9.08. The van der Waals surface area contributed by atoms with Crippen molar-refractivity contribution < 1.29 is 14.9 Å². The van der Waals surface area contributed by atoms with Crippen LogP contribution in [0.2, 0.25) is 0 Å². The summed E-state index contributed by atoms with van der Waals surface area (Å²) in [7, 11) is 0. The Labute approximate surface area is 170 Å². The van der Waals surface area contributed by atoms with E-state index in [4.69, 9.17) is 9.84 Å². The third-order valence-electron chi connectivity index (χ3n) is 5.91. The Morgan fingerprint density at radius 2 is 1.54 bits per heavy atom. The molecule has 3 nitrogen and oxygen atoms in total. The lowest BCUT2D eigenvalue weighted by atomic mass is 9.63. The summed E-state index contributed by atoms with van der Waals surface area (Å²) < 4.78 is 6.18. The molecule has 154 valence electrons. The van der Waals surface area contributed by atoms with Crippen LogP contribution in [0.25, 0.3) is 0 Å². The molecule has 3 atom stereocenters. The Bertz CT molecular complexity index is 748. The van der Waals surface area contributed by atoms with E-state index in [0.717, 1.165) is 23.1 Å². The van der Waals surface area contributed by atoms with Gasteiger partial charge in [0.05, 0.1) is 12.7 Å². The Kier molecular flexibility index (Phi) is 7.08. The third kappa shape index (κ3) is 5.02. The quantitative estimate of drug-likeness (QED) is 0.469. The summed E-state index contributed by atoms with van der Waals surface area (Å²) in [5, 5.41) is 19.1. The Hall–Kier alpha value is -1.68. The molecule has 2 N–H and O–H groups in total. The van der Waals surface area contributed by atoms with E-state index in [2.05, 4.69) is 65.0 Å². The molecule has 2 aliphatic rings. The van der Waals surface area contributed by atoms with Gasteiger partial charge >= 0.3 is 0 Å². The second kappa shape index (κ2) is 8.77. The standard InChI is InChI=1S/C25H36O3/c1-19(10-7-8-11-21(3)18-26)12-9-13-20(2)14-15-25-23(4,5)16-22(27)17-24(25,6)28-25/h7-15,22,26-27H,16-18H2,1-6H3. The molecule has 0 aromatic rings. The average molecular weight is 385 g/mol. The molecule has 2 rings (SSSR count). The molecule has 0 bridgehead atoms. The molecular formula is C25H36O3. The second-order valence-corrected chi connectivity index (χ2v) is 9.08. The summed E-state index contributed by atoms with van der Waals surface area (Å²) in [6.07, 6.45) is 19.6. The fourth-order valence-corrected chi connectivity index (χ4v) is 4.27. The van der Waals surface area contributed by atoms with Gasteiger partial charge in [0.1, 0.15) is 11.2 Å². The minimum atomic E-state index is -0.282. The zero-order valence-corrected chi connectivity index (χ0v) is 18.2. The van der Waals surface area contributed by atoms with Crippen LogP contribution in [0.15, 0.2) is 71.4 Å². The molecule has 0 aromatic heterocycles. The molecule has 1 aliphatic heterocycles. The Balaban J connectivity index is 1.98. The van der Waals surface area contributed by atoms with Crippen molar-refractivity contribution in [1.82, 2.24) is 0 Å². The van der Waals surface area contributed by atoms with Crippen molar-refractivity contribution in [1.29, 1.82) is 0 Å². The number of fused-ring (bicyclic) bond motifs is 1. The van der Waals surface area contributed by atoms with E-state index < -0.39 is 0 Å². The van der Waals surface area contributed by atoms with Crippen molar-refractivity contribution in [3.05, 3.63) is 71.4 Å². The van der Waals surface area contributed by atoms with E-state index in [1.54, 1.807) is 0 Å². The number of epoxide rings is 1. The highest BCUT2D eigenvalue weighted by Gasteiger charge is 2.74. The van der Waals surface area contributed by atoms with Crippen molar-refractivity contribution in [3.63, 3.8) is 0 Å². The number of ether oxygens (including phenoxy) is 1. The number of aliphatic hydroxyl groups excluding tert-OH is 2. The van der Waals surface area contributed by atoms with Gasteiger partial charge in [0.15, 0.2) is 0 Å². The molecule has 1 aliphatic carbocycles. The molecule has 2 fully saturated rings. The molecular weight excluding hydrogens is 348 g/mol. The predicted octanol–water partition coefficient (Wildman–Crippen LogP) is 5.19. The van der Waals surface area contributed by atoms with E-state index in [-0.39, 0.29) is 29.3 Å². The van der Waals surface area contributed by atoms with Gasteiger partial charge in [0, 0.05) is 11.8 Å². The maximum absolute atomic E-state index is 10.1. The normalized spacial score (nSPS) is 33.9. The first-order chi connectivity index (χ1) is 13.1. The molecule has 3 heteroatoms. The lowest BCUT2D eigenvalue weighted by Crippen LogP contribution is -2.46. The van der Waals surface area contributed by atoms with Crippen LogP contribution in [0.1, 0.15) is 54.4 Å². The third-order valence-corrected chi connectivity index (χ3v) is 5.91. The zero-order chi connectivity index (χ0) is 21.0. The number of rotatable bonds is 7. The van der Waals surface area contributed by atoms with Gasteiger partial charge in [-0.05, 0) is 45.8 Å². The SMILES string of the molecule is CC(C=CC=C(C)C=CC12OC1(C)CC(O)CC2(C)C)=CC=CC=C(C)CO. The molecule has 1 saturated heterocycles. The maximum atomic E-state index is 10.1. The van der Waals surface area contributed by atoms with E-state index >= 15 is 0 Å². The van der Waals surface area contributed by atoms with E-state index in [1.165, 1.54) is 0 Å². The van der Waals surface area contributed by atoms with Crippen molar-refractivity contribution in [2.75, 3.05) is 6.61 Å². The molecule has 28 heavy (non-hydrogen) atoms. The Morgan fingerprint density at radius 1 is 0.929 bits per heavy atom. The first-order valence-electron chi connectivity index (χ1n) is 10.1. The van der Waals surface area contributed by atoms with Crippen LogP contribution in [-0.4, -0.2) is 34.1 Å². The summed E-state index contributed by atoms with van der Waals surface area (Å²) in [6.45, 7) is 12.6. The maximum Gasteiger partial charge on any atom is 0.121 e. The van der Waals surface area contributed by atoms with Gasteiger partial charge in [-0.15, -0.1) is 0 Å².